The zero-order chi connectivity index (χ0) is 35.9. The molecule has 0 saturated heterocycles. The third-order valence-electron chi connectivity index (χ3n) is 10.7. The van der Waals surface area contributed by atoms with Crippen LogP contribution in [0.2, 0.25) is 0 Å². The average Bonchev–Trinajstić information content (AvgIpc) is 3.21. The molecule has 2 nitrogen and oxygen atoms in total. The highest BCUT2D eigenvalue weighted by atomic mass is 32.2. The number of rotatable bonds is 6. The molecule has 0 saturated carbocycles. The molecule has 0 spiro atoms. The van der Waals surface area contributed by atoms with Crippen molar-refractivity contribution < 1.29 is 0 Å². The summed E-state index contributed by atoms with van der Waals surface area (Å²) < 4.78 is 0. The topological polar surface area (TPSA) is 25.8 Å². The van der Waals surface area contributed by atoms with Gasteiger partial charge < -0.3 is 0 Å². The van der Waals surface area contributed by atoms with Gasteiger partial charge in [-0.2, -0.15) is 0 Å². The number of fused-ring (bicyclic) bond motifs is 2. The van der Waals surface area contributed by atoms with Crippen molar-refractivity contribution in [2.45, 2.75) is 36.1 Å². The summed E-state index contributed by atoms with van der Waals surface area (Å²) in [6, 6.07) is 59.7. The predicted molar refractivity (Wildman–Crippen MR) is 222 cm³/mol. The standard InChI is InChI=1S/C50H38N2S/c1-33-24-29-42-48(53-49-43(50(42,2)3)31-51-32-52-49)44(33)39-27-25-35(26-28-39)41-30-40(34-16-8-4-9-17-34)45(36-18-10-5-11-19-36)47(38-22-14-7-15-23-38)46(41)37-20-12-6-13-21-37/h4-32H,1-3H3. The maximum Gasteiger partial charge on any atom is 0.116 e. The van der Waals surface area contributed by atoms with Crippen LogP contribution in [0.3, 0.4) is 0 Å². The lowest BCUT2D eigenvalue weighted by molar-refractivity contribution is 0.593. The number of nitrogens with zero attached hydrogens (tertiary/aromatic N) is 2. The maximum absolute atomic E-state index is 4.72. The van der Waals surface area contributed by atoms with Crippen LogP contribution in [0.25, 0.3) is 66.8 Å². The molecule has 1 aliphatic rings. The van der Waals surface area contributed by atoms with Crippen molar-refractivity contribution in [3.63, 3.8) is 0 Å². The van der Waals surface area contributed by atoms with Crippen LogP contribution < -0.4 is 0 Å². The first-order chi connectivity index (χ1) is 26.0. The van der Waals surface area contributed by atoms with Crippen LogP contribution in [0, 0.1) is 6.92 Å². The van der Waals surface area contributed by atoms with Gasteiger partial charge in [-0.05, 0) is 90.9 Å². The lowest BCUT2D eigenvalue weighted by Crippen LogP contribution is -2.25. The van der Waals surface area contributed by atoms with E-state index < -0.39 is 0 Å². The van der Waals surface area contributed by atoms with E-state index in [2.05, 4.69) is 190 Å². The summed E-state index contributed by atoms with van der Waals surface area (Å²) in [6.45, 7) is 6.80. The smallest absolute Gasteiger partial charge is 0.116 e. The van der Waals surface area contributed by atoms with E-state index >= 15 is 0 Å². The summed E-state index contributed by atoms with van der Waals surface area (Å²) in [7, 11) is 0. The molecule has 1 aliphatic heterocycles. The fourth-order valence-electron chi connectivity index (χ4n) is 7.98. The molecule has 0 radical (unpaired) electrons. The molecule has 2 heterocycles. The van der Waals surface area contributed by atoms with Gasteiger partial charge in [-0.1, -0.05) is 183 Å². The van der Waals surface area contributed by atoms with Gasteiger partial charge >= 0.3 is 0 Å². The lowest BCUT2D eigenvalue weighted by Gasteiger charge is -2.35. The molecule has 0 amide bonds. The summed E-state index contributed by atoms with van der Waals surface area (Å²) >= 11 is 1.77. The number of aryl methyl sites for hydroxylation is 1. The van der Waals surface area contributed by atoms with Gasteiger partial charge in [-0.25, -0.2) is 9.97 Å². The molecule has 254 valence electrons. The summed E-state index contributed by atoms with van der Waals surface area (Å²) in [5, 5.41) is 1.04. The Morgan fingerprint density at radius 1 is 0.453 bits per heavy atom. The Balaban J connectivity index is 1.30. The van der Waals surface area contributed by atoms with Crippen molar-refractivity contribution in [3.8, 4) is 66.8 Å². The van der Waals surface area contributed by atoms with Gasteiger partial charge in [-0.3, -0.25) is 0 Å². The van der Waals surface area contributed by atoms with Crippen molar-refractivity contribution in [2.24, 2.45) is 0 Å². The minimum Gasteiger partial charge on any atom is -0.244 e. The predicted octanol–water partition coefficient (Wildman–Crippen LogP) is 13.6. The fraction of sp³-hybridized carbons (Fsp3) is 0.0800. The summed E-state index contributed by atoms with van der Waals surface area (Å²) in [4.78, 5) is 10.4. The molecule has 7 aromatic carbocycles. The summed E-state index contributed by atoms with van der Waals surface area (Å²) in [5.74, 6) is 0. The van der Waals surface area contributed by atoms with E-state index in [1.54, 1.807) is 18.1 Å². The first-order valence-corrected chi connectivity index (χ1v) is 19.0. The molecule has 0 fully saturated rings. The monoisotopic (exact) mass is 698 g/mol. The molecule has 9 rings (SSSR count). The van der Waals surface area contributed by atoms with Gasteiger partial charge in [0.15, 0.2) is 0 Å². The van der Waals surface area contributed by atoms with Crippen LogP contribution in [0.1, 0.15) is 30.5 Å². The highest BCUT2D eigenvalue weighted by Crippen LogP contribution is 2.53. The number of aromatic nitrogens is 2. The molecular weight excluding hydrogens is 661 g/mol. The minimum atomic E-state index is -0.202. The van der Waals surface area contributed by atoms with Crippen LogP contribution in [-0.2, 0) is 5.41 Å². The largest absolute Gasteiger partial charge is 0.244 e. The van der Waals surface area contributed by atoms with Gasteiger partial charge in [0.2, 0.25) is 0 Å². The second kappa shape index (κ2) is 13.5. The Labute approximate surface area is 316 Å². The Morgan fingerprint density at radius 3 is 1.45 bits per heavy atom. The molecule has 0 unspecified atom stereocenters. The van der Waals surface area contributed by atoms with E-state index in [0.29, 0.717) is 0 Å². The first kappa shape index (κ1) is 32.8. The molecule has 8 aromatic rings. The second-order valence-corrected chi connectivity index (χ2v) is 15.2. The highest BCUT2D eigenvalue weighted by molar-refractivity contribution is 7.99. The Hall–Kier alpha value is -6.03. The second-order valence-electron chi connectivity index (χ2n) is 14.2. The van der Waals surface area contributed by atoms with Crippen molar-refractivity contribution in [1.82, 2.24) is 9.97 Å². The lowest BCUT2D eigenvalue weighted by atomic mass is 9.77. The van der Waals surface area contributed by atoms with Crippen LogP contribution in [0.4, 0.5) is 0 Å². The zero-order valence-electron chi connectivity index (χ0n) is 30.0. The van der Waals surface area contributed by atoms with Gasteiger partial charge in [0.25, 0.3) is 0 Å². The summed E-state index contributed by atoms with van der Waals surface area (Å²) in [5.41, 5.74) is 18.1. The van der Waals surface area contributed by atoms with E-state index in [0.717, 1.165) is 5.03 Å². The van der Waals surface area contributed by atoms with E-state index in [9.17, 15) is 0 Å². The van der Waals surface area contributed by atoms with E-state index in [1.165, 1.54) is 88.3 Å². The molecule has 3 heteroatoms. The first-order valence-electron chi connectivity index (χ1n) is 18.1. The van der Waals surface area contributed by atoms with E-state index in [4.69, 9.17) is 4.98 Å². The zero-order valence-corrected chi connectivity index (χ0v) is 30.9. The number of hydrogen-bond acceptors (Lipinski definition) is 3. The SMILES string of the molecule is Cc1ccc2c(c1-c1ccc(-c3cc(-c4ccccc4)c(-c4ccccc4)c(-c4ccccc4)c3-c3ccccc3)cc1)Sc1ncncc1C2(C)C. The molecule has 0 N–H and O–H groups in total. The Kier molecular flexibility index (Phi) is 8.37. The molecule has 0 atom stereocenters. The van der Waals surface area contributed by atoms with E-state index in [1.807, 2.05) is 6.20 Å². The quantitative estimate of drug-likeness (QED) is 0.162. The highest BCUT2D eigenvalue weighted by Gasteiger charge is 2.36. The molecule has 0 aliphatic carbocycles. The van der Waals surface area contributed by atoms with E-state index in [-0.39, 0.29) is 5.41 Å². The maximum atomic E-state index is 4.72. The van der Waals surface area contributed by atoms with Crippen molar-refractivity contribution in [1.29, 1.82) is 0 Å². The number of benzene rings is 7. The molecule has 53 heavy (non-hydrogen) atoms. The van der Waals surface area contributed by atoms with Gasteiger partial charge in [0, 0.05) is 22.1 Å². The summed E-state index contributed by atoms with van der Waals surface area (Å²) in [6.07, 6.45) is 3.64. The van der Waals surface area contributed by atoms with Crippen LogP contribution in [-0.4, -0.2) is 9.97 Å². The fourth-order valence-corrected chi connectivity index (χ4v) is 9.51. The third-order valence-corrected chi connectivity index (χ3v) is 11.8. The van der Waals surface area contributed by atoms with Crippen LogP contribution in [0.5, 0.6) is 0 Å². The van der Waals surface area contributed by atoms with Crippen molar-refractivity contribution in [3.05, 3.63) is 193 Å². The van der Waals surface area contributed by atoms with Crippen LogP contribution >= 0.6 is 11.8 Å². The van der Waals surface area contributed by atoms with Gasteiger partial charge in [0.1, 0.15) is 11.4 Å². The average molecular weight is 699 g/mol. The van der Waals surface area contributed by atoms with Gasteiger partial charge in [-0.15, -0.1) is 0 Å². The van der Waals surface area contributed by atoms with Crippen LogP contribution in [0.15, 0.2) is 186 Å². The minimum absolute atomic E-state index is 0.202. The van der Waals surface area contributed by atoms with Crippen molar-refractivity contribution >= 4 is 11.8 Å². The molecule has 0 bridgehead atoms. The Morgan fingerprint density at radius 2 is 0.906 bits per heavy atom. The molecule has 1 aromatic heterocycles. The third kappa shape index (κ3) is 5.78. The molecular formula is C50H38N2S. The van der Waals surface area contributed by atoms with Gasteiger partial charge in [0.05, 0.1) is 0 Å². The number of hydrogen-bond donors (Lipinski definition) is 0. The van der Waals surface area contributed by atoms with Crippen molar-refractivity contribution in [2.75, 3.05) is 0 Å². The Bertz CT molecular complexity index is 2580. The normalized spacial score (nSPS) is 12.9.